The van der Waals surface area contributed by atoms with Crippen molar-refractivity contribution in [3.63, 3.8) is 0 Å². The Kier molecular flexibility index (Phi) is 3.04. The van der Waals surface area contributed by atoms with Gasteiger partial charge in [-0.3, -0.25) is 0 Å². The normalized spacial score (nSPS) is 28.2. The molecular weight excluding hydrogens is 188 g/mol. The van der Waals surface area contributed by atoms with Crippen LogP contribution in [0.4, 0.5) is 4.79 Å². The lowest BCUT2D eigenvalue weighted by molar-refractivity contribution is 0.132. The second-order valence-electron chi connectivity index (χ2n) is 3.12. The van der Waals surface area contributed by atoms with Crippen LogP contribution in [0.3, 0.4) is 0 Å². The summed E-state index contributed by atoms with van der Waals surface area (Å²) >= 11 is 1.45. The number of likely N-dealkylation sites (tertiary alicyclic amines) is 1. The van der Waals surface area contributed by atoms with Gasteiger partial charge in [-0.2, -0.15) is 5.26 Å². The molecule has 0 radical (unpaired) electrons. The van der Waals surface area contributed by atoms with E-state index in [1.807, 2.05) is 6.26 Å². The molecule has 1 heterocycles. The van der Waals surface area contributed by atoms with Crippen LogP contribution < -0.4 is 0 Å². The standard InChI is InChI=1S/C8H12N2O2S/c1-13-8(5-9)3-2-4-10(6-8)7(11)12/h2-4,6H2,1H3,(H,11,12). The highest BCUT2D eigenvalue weighted by Crippen LogP contribution is 2.32. The van der Waals surface area contributed by atoms with Gasteiger partial charge in [-0.15, -0.1) is 11.8 Å². The van der Waals surface area contributed by atoms with Gasteiger partial charge in [0.1, 0.15) is 4.75 Å². The molecule has 1 rings (SSSR count). The van der Waals surface area contributed by atoms with Crippen molar-refractivity contribution in [1.82, 2.24) is 4.90 Å². The topological polar surface area (TPSA) is 64.3 Å². The highest BCUT2D eigenvalue weighted by atomic mass is 32.2. The molecule has 1 saturated heterocycles. The molecule has 1 N–H and O–H groups in total. The zero-order valence-electron chi connectivity index (χ0n) is 7.49. The average molecular weight is 200 g/mol. The van der Waals surface area contributed by atoms with Gasteiger partial charge in [0.15, 0.2) is 0 Å². The first-order valence-electron chi connectivity index (χ1n) is 4.08. The Morgan fingerprint density at radius 2 is 2.46 bits per heavy atom. The minimum Gasteiger partial charge on any atom is -0.465 e. The van der Waals surface area contributed by atoms with E-state index < -0.39 is 10.8 Å². The van der Waals surface area contributed by atoms with Crippen molar-refractivity contribution in [2.24, 2.45) is 0 Å². The fourth-order valence-electron chi connectivity index (χ4n) is 1.49. The molecule has 1 amide bonds. The molecule has 5 heteroatoms. The van der Waals surface area contributed by atoms with Gasteiger partial charge in [-0.25, -0.2) is 4.79 Å². The number of rotatable bonds is 1. The van der Waals surface area contributed by atoms with Crippen LogP contribution >= 0.6 is 11.8 Å². The van der Waals surface area contributed by atoms with E-state index in [1.165, 1.54) is 16.7 Å². The minimum atomic E-state index is -0.923. The summed E-state index contributed by atoms with van der Waals surface area (Å²) in [5, 5.41) is 17.7. The predicted octanol–water partition coefficient (Wildman–Crippen LogP) is 1.39. The Balaban J connectivity index is 2.71. The summed E-state index contributed by atoms with van der Waals surface area (Å²) in [7, 11) is 0. The number of carboxylic acid groups (broad SMARTS) is 1. The molecule has 13 heavy (non-hydrogen) atoms. The summed E-state index contributed by atoms with van der Waals surface area (Å²) < 4.78 is -0.517. The molecule has 0 spiro atoms. The number of hydrogen-bond acceptors (Lipinski definition) is 3. The molecule has 1 fully saturated rings. The van der Waals surface area contributed by atoms with Gasteiger partial charge in [0.2, 0.25) is 0 Å². The van der Waals surface area contributed by atoms with E-state index in [0.717, 1.165) is 12.8 Å². The van der Waals surface area contributed by atoms with E-state index in [1.54, 1.807) is 0 Å². The van der Waals surface area contributed by atoms with Crippen LogP contribution in [0.25, 0.3) is 0 Å². The molecule has 0 aliphatic carbocycles. The summed E-state index contributed by atoms with van der Waals surface area (Å²) in [5.74, 6) is 0. The largest absolute Gasteiger partial charge is 0.465 e. The summed E-state index contributed by atoms with van der Waals surface area (Å²) in [4.78, 5) is 12.0. The van der Waals surface area contributed by atoms with Crippen molar-refractivity contribution < 1.29 is 9.90 Å². The van der Waals surface area contributed by atoms with E-state index in [2.05, 4.69) is 6.07 Å². The number of nitriles is 1. The Bertz CT molecular complexity index is 251. The van der Waals surface area contributed by atoms with Gasteiger partial charge in [0.05, 0.1) is 12.6 Å². The van der Waals surface area contributed by atoms with E-state index >= 15 is 0 Å². The number of nitrogens with zero attached hydrogens (tertiary/aromatic N) is 2. The Morgan fingerprint density at radius 3 is 2.92 bits per heavy atom. The van der Waals surface area contributed by atoms with Crippen molar-refractivity contribution in [1.29, 1.82) is 5.26 Å². The molecule has 1 unspecified atom stereocenters. The van der Waals surface area contributed by atoms with E-state index in [0.29, 0.717) is 13.1 Å². The number of hydrogen-bond donors (Lipinski definition) is 1. The molecule has 0 aromatic rings. The van der Waals surface area contributed by atoms with Crippen LogP contribution in [0.1, 0.15) is 12.8 Å². The maximum absolute atomic E-state index is 10.7. The Morgan fingerprint density at radius 1 is 1.77 bits per heavy atom. The van der Waals surface area contributed by atoms with Crippen LogP contribution in [0, 0.1) is 11.3 Å². The smallest absolute Gasteiger partial charge is 0.407 e. The highest BCUT2D eigenvalue weighted by molar-refractivity contribution is 8.00. The first-order valence-corrected chi connectivity index (χ1v) is 5.30. The van der Waals surface area contributed by atoms with E-state index in [9.17, 15) is 4.79 Å². The predicted molar refractivity (Wildman–Crippen MR) is 50.7 cm³/mol. The summed E-state index contributed by atoms with van der Waals surface area (Å²) in [5.41, 5.74) is 0. The van der Waals surface area contributed by atoms with Gasteiger partial charge in [-0.1, -0.05) is 0 Å². The van der Waals surface area contributed by atoms with E-state index in [-0.39, 0.29) is 0 Å². The fraction of sp³-hybridized carbons (Fsp3) is 0.750. The summed E-state index contributed by atoms with van der Waals surface area (Å²) in [6.45, 7) is 0.888. The Labute approximate surface area is 81.5 Å². The second-order valence-corrected chi connectivity index (χ2v) is 4.31. The minimum absolute atomic E-state index is 0.333. The quantitative estimate of drug-likeness (QED) is 0.694. The zero-order chi connectivity index (χ0) is 9.90. The fourth-order valence-corrected chi connectivity index (χ4v) is 2.21. The third-order valence-electron chi connectivity index (χ3n) is 2.32. The lowest BCUT2D eigenvalue weighted by atomic mass is 9.99. The van der Waals surface area contributed by atoms with Gasteiger partial charge < -0.3 is 10.0 Å². The summed E-state index contributed by atoms with van der Waals surface area (Å²) in [6, 6.07) is 2.21. The van der Waals surface area contributed by atoms with Crippen LogP contribution in [0.2, 0.25) is 0 Å². The number of carbonyl (C=O) groups is 1. The first-order chi connectivity index (χ1) is 6.13. The molecule has 0 bridgehead atoms. The van der Waals surface area contributed by atoms with Crippen LogP contribution in [0.5, 0.6) is 0 Å². The second kappa shape index (κ2) is 3.88. The molecule has 1 atom stereocenters. The third-order valence-corrected chi connectivity index (χ3v) is 3.53. The molecule has 4 nitrogen and oxygen atoms in total. The summed E-state index contributed by atoms with van der Waals surface area (Å²) in [6.07, 6.45) is 2.50. The zero-order valence-corrected chi connectivity index (χ0v) is 8.30. The van der Waals surface area contributed by atoms with Crippen molar-refractivity contribution in [2.45, 2.75) is 17.6 Å². The molecule has 72 valence electrons. The van der Waals surface area contributed by atoms with Gasteiger partial charge in [-0.05, 0) is 19.1 Å². The number of piperidine rings is 1. The SMILES string of the molecule is CSC1(C#N)CCCN(C(=O)O)C1. The monoisotopic (exact) mass is 200 g/mol. The lowest BCUT2D eigenvalue weighted by Gasteiger charge is -2.35. The van der Waals surface area contributed by atoms with Crippen LogP contribution in [-0.2, 0) is 0 Å². The molecular formula is C8H12N2O2S. The Hall–Kier alpha value is -0.890. The molecule has 0 aromatic carbocycles. The van der Waals surface area contributed by atoms with Gasteiger partial charge >= 0.3 is 6.09 Å². The molecule has 1 aliphatic heterocycles. The van der Waals surface area contributed by atoms with Crippen LogP contribution in [0.15, 0.2) is 0 Å². The molecule has 1 aliphatic rings. The molecule has 0 saturated carbocycles. The first kappa shape index (κ1) is 10.2. The van der Waals surface area contributed by atoms with Crippen LogP contribution in [-0.4, -0.2) is 40.2 Å². The number of thioether (sulfide) groups is 1. The van der Waals surface area contributed by atoms with Crippen molar-refractivity contribution >= 4 is 17.9 Å². The molecule has 0 aromatic heterocycles. The maximum Gasteiger partial charge on any atom is 0.407 e. The lowest BCUT2D eigenvalue weighted by Crippen LogP contribution is -2.47. The highest BCUT2D eigenvalue weighted by Gasteiger charge is 2.36. The number of amides is 1. The van der Waals surface area contributed by atoms with Crippen molar-refractivity contribution in [3.05, 3.63) is 0 Å². The van der Waals surface area contributed by atoms with Gasteiger partial charge in [0.25, 0.3) is 0 Å². The van der Waals surface area contributed by atoms with Crippen molar-refractivity contribution in [3.8, 4) is 6.07 Å². The van der Waals surface area contributed by atoms with Gasteiger partial charge in [0, 0.05) is 6.54 Å². The average Bonchev–Trinajstić information content (AvgIpc) is 2.18. The maximum atomic E-state index is 10.7. The third kappa shape index (κ3) is 2.07. The van der Waals surface area contributed by atoms with E-state index in [4.69, 9.17) is 10.4 Å². The van der Waals surface area contributed by atoms with Crippen molar-refractivity contribution in [2.75, 3.05) is 19.3 Å².